The van der Waals surface area contributed by atoms with Crippen molar-refractivity contribution in [3.8, 4) is 15.6 Å². The Hall–Kier alpha value is -1.70. The standard InChI is InChI=1S/C18H17BrN2O2S2/c1-21(9-12-5-3-4-6-15(12)23-2)17(22)8-14-11-25-18(20-14)16-7-13(19)10-24-16/h3-7,10-11H,8-9H2,1-2H3. The molecule has 0 unspecified atom stereocenters. The zero-order valence-electron chi connectivity index (χ0n) is 13.9. The summed E-state index contributed by atoms with van der Waals surface area (Å²) in [7, 11) is 3.44. The molecule has 0 atom stereocenters. The first kappa shape index (κ1) is 18.1. The Morgan fingerprint density at radius 1 is 1.28 bits per heavy atom. The van der Waals surface area contributed by atoms with Crippen LogP contribution in [0.25, 0.3) is 9.88 Å². The lowest BCUT2D eigenvalue weighted by molar-refractivity contribution is -0.129. The molecule has 130 valence electrons. The maximum Gasteiger partial charge on any atom is 0.228 e. The highest BCUT2D eigenvalue weighted by Crippen LogP contribution is 2.32. The van der Waals surface area contributed by atoms with E-state index in [2.05, 4.69) is 20.9 Å². The Balaban J connectivity index is 1.65. The summed E-state index contributed by atoms with van der Waals surface area (Å²) < 4.78 is 6.40. The molecule has 2 heterocycles. The van der Waals surface area contributed by atoms with Gasteiger partial charge in [0, 0.05) is 34.4 Å². The molecule has 1 aromatic carbocycles. The van der Waals surface area contributed by atoms with Crippen molar-refractivity contribution in [1.82, 2.24) is 9.88 Å². The Kier molecular flexibility index (Phi) is 5.88. The maximum atomic E-state index is 12.5. The van der Waals surface area contributed by atoms with Gasteiger partial charge in [-0.05, 0) is 28.1 Å². The predicted octanol–water partition coefficient (Wildman–Crippen LogP) is 4.84. The molecule has 0 N–H and O–H groups in total. The molecular weight excluding hydrogens is 420 g/mol. The van der Waals surface area contributed by atoms with Crippen LogP contribution in [0.2, 0.25) is 0 Å². The number of rotatable bonds is 6. The van der Waals surface area contributed by atoms with E-state index >= 15 is 0 Å². The number of halogens is 1. The summed E-state index contributed by atoms with van der Waals surface area (Å²) in [5, 5.41) is 4.94. The van der Waals surface area contributed by atoms with Crippen molar-refractivity contribution in [2.45, 2.75) is 13.0 Å². The molecule has 0 saturated carbocycles. The molecule has 0 saturated heterocycles. The highest BCUT2D eigenvalue weighted by atomic mass is 79.9. The van der Waals surface area contributed by atoms with E-state index in [1.54, 1.807) is 41.7 Å². The third kappa shape index (κ3) is 4.48. The Morgan fingerprint density at radius 2 is 2.08 bits per heavy atom. The summed E-state index contributed by atoms with van der Waals surface area (Å²) >= 11 is 6.66. The number of likely N-dealkylation sites (N-methyl/N-ethyl adjacent to an activating group) is 1. The number of methoxy groups -OCH3 is 1. The van der Waals surface area contributed by atoms with E-state index in [-0.39, 0.29) is 5.91 Å². The fourth-order valence-electron chi connectivity index (χ4n) is 2.39. The van der Waals surface area contributed by atoms with Crippen molar-refractivity contribution in [2.75, 3.05) is 14.2 Å². The minimum absolute atomic E-state index is 0.0371. The average Bonchev–Trinajstić information content (AvgIpc) is 3.24. The van der Waals surface area contributed by atoms with Crippen LogP contribution in [0.1, 0.15) is 11.3 Å². The van der Waals surface area contributed by atoms with E-state index in [4.69, 9.17) is 4.74 Å². The van der Waals surface area contributed by atoms with Gasteiger partial charge in [0.2, 0.25) is 5.91 Å². The number of benzene rings is 1. The SMILES string of the molecule is COc1ccccc1CN(C)C(=O)Cc1csc(-c2cc(Br)cs2)n1. The lowest BCUT2D eigenvalue weighted by Crippen LogP contribution is -2.28. The Bertz CT molecular complexity index is 875. The number of thiophene rings is 1. The van der Waals surface area contributed by atoms with Gasteiger partial charge in [-0.3, -0.25) is 4.79 Å². The van der Waals surface area contributed by atoms with E-state index in [1.807, 2.05) is 41.1 Å². The highest BCUT2D eigenvalue weighted by Gasteiger charge is 2.15. The quantitative estimate of drug-likeness (QED) is 0.554. The summed E-state index contributed by atoms with van der Waals surface area (Å²) in [6.45, 7) is 0.512. The number of nitrogens with zero attached hydrogens (tertiary/aromatic N) is 2. The number of hydrogen-bond donors (Lipinski definition) is 0. The van der Waals surface area contributed by atoms with Crippen LogP contribution < -0.4 is 4.74 Å². The number of aromatic nitrogens is 1. The van der Waals surface area contributed by atoms with Gasteiger partial charge in [-0.2, -0.15) is 0 Å². The van der Waals surface area contributed by atoms with Crippen LogP contribution >= 0.6 is 38.6 Å². The number of carbonyl (C=O) groups excluding carboxylic acids is 1. The van der Waals surface area contributed by atoms with Gasteiger partial charge in [-0.15, -0.1) is 22.7 Å². The molecule has 0 aliphatic heterocycles. The van der Waals surface area contributed by atoms with Gasteiger partial charge < -0.3 is 9.64 Å². The summed E-state index contributed by atoms with van der Waals surface area (Å²) in [5.74, 6) is 0.830. The van der Waals surface area contributed by atoms with Crippen LogP contribution in [0.3, 0.4) is 0 Å². The number of ether oxygens (including phenoxy) is 1. The summed E-state index contributed by atoms with van der Waals surface area (Å²) in [6.07, 6.45) is 0.300. The summed E-state index contributed by atoms with van der Waals surface area (Å²) in [4.78, 5) is 19.9. The van der Waals surface area contributed by atoms with E-state index in [0.717, 1.165) is 31.4 Å². The molecule has 4 nitrogen and oxygen atoms in total. The molecule has 3 rings (SSSR count). The van der Waals surface area contributed by atoms with Gasteiger partial charge in [-0.25, -0.2) is 4.98 Å². The largest absolute Gasteiger partial charge is 0.496 e. The van der Waals surface area contributed by atoms with E-state index in [0.29, 0.717) is 13.0 Å². The fraction of sp³-hybridized carbons (Fsp3) is 0.222. The van der Waals surface area contributed by atoms with Crippen molar-refractivity contribution < 1.29 is 9.53 Å². The maximum absolute atomic E-state index is 12.5. The normalized spacial score (nSPS) is 10.7. The van der Waals surface area contributed by atoms with Crippen molar-refractivity contribution in [3.05, 3.63) is 56.8 Å². The molecule has 1 amide bonds. The second kappa shape index (κ2) is 8.12. The molecule has 0 spiro atoms. The van der Waals surface area contributed by atoms with Crippen LogP contribution in [0.15, 0.2) is 45.6 Å². The Labute approximate surface area is 163 Å². The topological polar surface area (TPSA) is 42.4 Å². The zero-order valence-corrected chi connectivity index (χ0v) is 17.1. The first-order valence-corrected chi connectivity index (χ1v) is 10.2. The number of carbonyl (C=O) groups is 1. The molecule has 0 bridgehead atoms. The summed E-state index contributed by atoms with van der Waals surface area (Å²) in [5.41, 5.74) is 1.80. The van der Waals surface area contributed by atoms with Crippen LogP contribution in [0.5, 0.6) is 5.75 Å². The van der Waals surface area contributed by atoms with Gasteiger partial charge in [-0.1, -0.05) is 18.2 Å². The van der Waals surface area contributed by atoms with Crippen LogP contribution in [-0.2, 0) is 17.8 Å². The smallest absolute Gasteiger partial charge is 0.228 e. The van der Waals surface area contributed by atoms with Crippen molar-refractivity contribution in [3.63, 3.8) is 0 Å². The van der Waals surface area contributed by atoms with E-state index in [9.17, 15) is 4.79 Å². The second-order valence-corrected chi connectivity index (χ2v) is 8.20. The first-order valence-electron chi connectivity index (χ1n) is 7.61. The fourth-order valence-corrected chi connectivity index (χ4v) is 4.72. The lowest BCUT2D eigenvalue weighted by atomic mass is 10.2. The molecule has 7 heteroatoms. The van der Waals surface area contributed by atoms with Gasteiger partial charge in [0.1, 0.15) is 10.8 Å². The third-order valence-electron chi connectivity index (χ3n) is 3.69. The average molecular weight is 437 g/mol. The monoisotopic (exact) mass is 436 g/mol. The number of amides is 1. The molecule has 0 fully saturated rings. The van der Waals surface area contributed by atoms with Crippen LogP contribution in [0.4, 0.5) is 0 Å². The van der Waals surface area contributed by atoms with E-state index < -0.39 is 0 Å². The summed E-state index contributed by atoms with van der Waals surface area (Å²) in [6, 6.07) is 9.78. The molecule has 2 aromatic heterocycles. The molecule has 0 radical (unpaired) electrons. The molecule has 0 aliphatic carbocycles. The van der Waals surface area contributed by atoms with Crippen LogP contribution in [0, 0.1) is 0 Å². The number of para-hydroxylation sites is 1. The van der Waals surface area contributed by atoms with Gasteiger partial charge in [0.15, 0.2) is 0 Å². The highest BCUT2D eigenvalue weighted by molar-refractivity contribution is 9.10. The van der Waals surface area contributed by atoms with Crippen molar-refractivity contribution in [2.24, 2.45) is 0 Å². The minimum Gasteiger partial charge on any atom is -0.496 e. The molecular formula is C18H17BrN2O2S2. The van der Waals surface area contributed by atoms with Crippen molar-refractivity contribution >= 4 is 44.5 Å². The minimum atomic E-state index is 0.0371. The van der Waals surface area contributed by atoms with Gasteiger partial charge in [0.05, 0.1) is 24.1 Å². The third-order valence-corrected chi connectivity index (χ3v) is 6.44. The molecule has 25 heavy (non-hydrogen) atoms. The van der Waals surface area contributed by atoms with Crippen LogP contribution in [-0.4, -0.2) is 29.9 Å². The van der Waals surface area contributed by atoms with Gasteiger partial charge >= 0.3 is 0 Å². The number of thiazole rings is 1. The second-order valence-electron chi connectivity index (χ2n) is 5.51. The molecule has 0 aliphatic rings. The predicted molar refractivity (Wildman–Crippen MR) is 106 cm³/mol. The zero-order chi connectivity index (χ0) is 17.8. The Morgan fingerprint density at radius 3 is 2.80 bits per heavy atom. The van der Waals surface area contributed by atoms with E-state index in [1.165, 1.54) is 0 Å². The first-order chi connectivity index (χ1) is 12.1. The molecule has 3 aromatic rings. The lowest BCUT2D eigenvalue weighted by Gasteiger charge is -2.18. The number of hydrogen-bond acceptors (Lipinski definition) is 5. The van der Waals surface area contributed by atoms with Crippen molar-refractivity contribution in [1.29, 1.82) is 0 Å². The van der Waals surface area contributed by atoms with Gasteiger partial charge in [0.25, 0.3) is 0 Å².